The first-order chi connectivity index (χ1) is 29.3. The molecule has 1 aromatic heterocycles. The van der Waals surface area contributed by atoms with Crippen molar-refractivity contribution in [1.29, 1.82) is 0 Å². The summed E-state index contributed by atoms with van der Waals surface area (Å²) in [5.41, 5.74) is 12.5. The molecule has 0 aliphatic rings. The molecule has 0 atom stereocenters. The Bertz CT molecular complexity index is 3520. The Morgan fingerprint density at radius 1 is 0.220 bits per heavy atom. The lowest BCUT2D eigenvalue weighted by Gasteiger charge is -2.20. The van der Waals surface area contributed by atoms with E-state index in [4.69, 9.17) is 0 Å². The zero-order valence-corrected chi connectivity index (χ0v) is 33.0. The molecule has 0 nitrogen and oxygen atoms in total. The summed E-state index contributed by atoms with van der Waals surface area (Å²) in [5, 5.41) is 12.8. The fraction of sp³-hybridized carbons (Fsp3) is 0. The highest BCUT2D eigenvalue weighted by atomic mass is 32.1. The molecule has 0 unspecified atom stereocenters. The second-order valence-electron chi connectivity index (χ2n) is 15.5. The maximum Gasteiger partial charge on any atom is 0.0361 e. The Hall–Kier alpha value is -7.32. The molecule has 0 N–H and O–H groups in total. The van der Waals surface area contributed by atoms with Crippen LogP contribution in [0.3, 0.4) is 0 Å². The zero-order chi connectivity index (χ0) is 38.9. The molecule has 1 heteroatoms. The van der Waals surface area contributed by atoms with Gasteiger partial charge < -0.3 is 0 Å². The van der Waals surface area contributed by atoms with Crippen molar-refractivity contribution in [2.24, 2.45) is 0 Å². The Balaban J connectivity index is 1.09. The van der Waals surface area contributed by atoms with Crippen molar-refractivity contribution in [2.75, 3.05) is 0 Å². The minimum Gasteiger partial charge on any atom is -0.135 e. The van der Waals surface area contributed by atoms with Gasteiger partial charge in [-0.1, -0.05) is 200 Å². The van der Waals surface area contributed by atoms with Gasteiger partial charge >= 0.3 is 0 Å². The largest absolute Gasteiger partial charge is 0.135 e. The molecule has 0 amide bonds. The van der Waals surface area contributed by atoms with Crippen molar-refractivity contribution >= 4 is 74.6 Å². The van der Waals surface area contributed by atoms with Gasteiger partial charge in [-0.15, -0.1) is 11.3 Å². The van der Waals surface area contributed by atoms with Gasteiger partial charge in [0.2, 0.25) is 0 Å². The van der Waals surface area contributed by atoms with Crippen molar-refractivity contribution in [1.82, 2.24) is 0 Å². The fourth-order valence-electron chi connectivity index (χ4n) is 9.73. The number of benzene rings is 11. The van der Waals surface area contributed by atoms with E-state index in [-0.39, 0.29) is 0 Å². The molecule has 11 aromatic carbocycles. The quantitative estimate of drug-likeness (QED) is 0.153. The van der Waals surface area contributed by atoms with Crippen LogP contribution in [0.15, 0.2) is 218 Å². The van der Waals surface area contributed by atoms with Crippen molar-refractivity contribution in [3.8, 4) is 55.6 Å². The molecule has 274 valence electrons. The van der Waals surface area contributed by atoms with E-state index in [9.17, 15) is 0 Å². The monoisotopic (exact) mass is 764 g/mol. The standard InChI is InChI=1S/C58H36S/c1-3-16-37(17-4-1)41-34-35-48-51(36-41)56(38-18-5-2-6-19-38)43-21-8-7-20-42(43)55(48)40-32-30-39(31-33-40)54-44-22-9-11-24-46(44)57(47-25-12-10-23-45(47)54)50-27-15-29-53-58(50)49-26-13-14-28-52(49)59-53/h1-36H. The zero-order valence-electron chi connectivity index (χ0n) is 32.2. The molecule has 0 bridgehead atoms. The summed E-state index contributed by atoms with van der Waals surface area (Å²) in [7, 11) is 0. The summed E-state index contributed by atoms with van der Waals surface area (Å²) >= 11 is 1.88. The molecule has 0 spiro atoms. The second-order valence-corrected chi connectivity index (χ2v) is 16.6. The van der Waals surface area contributed by atoms with Gasteiger partial charge in [0.15, 0.2) is 0 Å². The molecule has 59 heavy (non-hydrogen) atoms. The highest BCUT2D eigenvalue weighted by Crippen LogP contribution is 2.49. The minimum atomic E-state index is 1.21. The number of thiophene rings is 1. The van der Waals surface area contributed by atoms with Crippen LogP contribution in [-0.4, -0.2) is 0 Å². The van der Waals surface area contributed by atoms with Gasteiger partial charge in [0.05, 0.1) is 0 Å². The van der Waals surface area contributed by atoms with Gasteiger partial charge in [0.25, 0.3) is 0 Å². The average molecular weight is 765 g/mol. The summed E-state index contributed by atoms with van der Waals surface area (Å²) in [5.74, 6) is 0. The molecule has 0 fully saturated rings. The van der Waals surface area contributed by atoms with Crippen LogP contribution in [0.4, 0.5) is 0 Å². The van der Waals surface area contributed by atoms with Crippen molar-refractivity contribution in [3.63, 3.8) is 0 Å². The number of hydrogen-bond donors (Lipinski definition) is 0. The Morgan fingerprint density at radius 3 is 1.17 bits per heavy atom. The van der Waals surface area contributed by atoms with Gasteiger partial charge in [-0.25, -0.2) is 0 Å². The molecule has 12 rings (SSSR count). The highest BCUT2D eigenvalue weighted by molar-refractivity contribution is 7.26. The Morgan fingerprint density at radius 2 is 0.610 bits per heavy atom. The number of hydrogen-bond acceptors (Lipinski definition) is 1. The maximum absolute atomic E-state index is 2.40. The SMILES string of the molecule is c1ccc(-c2ccc3c(-c4ccc(-c5c6ccccc6c(-c6cccc7sc8ccccc8c67)c6ccccc56)cc4)c4ccccc4c(-c4ccccc4)c3c2)cc1. The summed E-state index contributed by atoms with van der Waals surface area (Å²) in [6, 6.07) is 80.7. The van der Waals surface area contributed by atoms with Crippen LogP contribution in [0.25, 0.3) is 119 Å². The lowest BCUT2D eigenvalue weighted by molar-refractivity contribution is 1.62. The van der Waals surface area contributed by atoms with Gasteiger partial charge in [-0.3, -0.25) is 0 Å². The summed E-state index contributed by atoms with van der Waals surface area (Å²) in [6.45, 7) is 0. The van der Waals surface area contributed by atoms with E-state index in [0.29, 0.717) is 0 Å². The van der Waals surface area contributed by atoms with Crippen molar-refractivity contribution in [2.45, 2.75) is 0 Å². The predicted octanol–water partition coefficient (Wildman–Crippen LogP) is 17.0. The predicted molar refractivity (Wildman–Crippen MR) is 257 cm³/mol. The van der Waals surface area contributed by atoms with Crippen LogP contribution in [0.2, 0.25) is 0 Å². The first-order valence-corrected chi connectivity index (χ1v) is 21.2. The number of rotatable bonds is 5. The average Bonchev–Trinajstić information content (AvgIpc) is 3.70. The van der Waals surface area contributed by atoms with Crippen LogP contribution in [0.5, 0.6) is 0 Å². The lowest BCUT2D eigenvalue weighted by Crippen LogP contribution is -1.93. The van der Waals surface area contributed by atoms with E-state index in [0.717, 1.165) is 0 Å². The third-order valence-electron chi connectivity index (χ3n) is 12.3. The molecule has 12 aromatic rings. The lowest BCUT2D eigenvalue weighted by atomic mass is 9.83. The van der Waals surface area contributed by atoms with Crippen LogP contribution < -0.4 is 0 Å². The smallest absolute Gasteiger partial charge is 0.0361 e. The first-order valence-electron chi connectivity index (χ1n) is 20.3. The molecule has 0 saturated heterocycles. The maximum atomic E-state index is 2.40. The highest BCUT2D eigenvalue weighted by Gasteiger charge is 2.21. The normalized spacial score (nSPS) is 11.7. The van der Waals surface area contributed by atoms with E-state index in [1.165, 1.54) is 119 Å². The van der Waals surface area contributed by atoms with Gasteiger partial charge in [-0.2, -0.15) is 0 Å². The number of fused-ring (bicyclic) bond motifs is 7. The summed E-state index contributed by atoms with van der Waals surface area (Å²) in [6.07, 6.45) is 0. The van der Waals surface area contributed by atoms with Crippen LogP contribution >= 0.6 is 11.3 Å². The van der Waals surface area contributed by atoms with E-state index >= 15 is 0 Å². The van der Waals surface area contributed by atoms with Gasteiger partial charge in [-0.05, 0) is 117 Å². The topological polar surface area (TPSA) is 0 Å². The molecular formula is C58H36S. The molecule has 1 heterocycles. The fourth-order valence-corrected chi connectivity index (χ4v) is 10.9. The third-order valence-corrected chi connectivity index (χ3v) is 13.4. The van der Waals surface area contributed by atoms with E-state index < -0.39 is 0 Å². The van der Waals surface area contributed by atoms with Crippen LogP contribution in [0, 0.1) is 0 Å². The molecule has 0 saturated carbocycles. The first kappa shape index (κ1) is 33.8. The third kappa shape index (κ3) is 5.36. The van der Waals surface area contributed by atoms with Crippen LogP contribution in [-0.2, 0) is 0 Å². The Labute approximate surface area is 346 Å². The van der Waals surface area contributed by atoms with Gasteiger partial charge in [0.1, 0.15) is 0 Å². The van der Waals surface area contributed by atoms with E-state index in [1.807, 2.05) is 11.3 Å². The van der Waals surface area contributed by atoms with Crippen molar-refractivity contribution < 1.29 is 0 Å². The van der Waals surface area contributed by atoms with Gasteiger partial charge in [0, 0.05) is 20.2 Å². The summed E-state index contributed by atoms with van der Waals surface area (Å²) in [4.78, 5) is 0. The van der Waals surface area contributed by atoms with E-state index in [1.54, 1.807) is 0 Å². The van der Waals surface area contributed by atoms with Crippen molar-refractivity contribution in [3.05, 3.63) is 218 Å². The molecule has 0 radical (unpaired) electrons. The summed E-state index contributed by atoms with van der Waals surface area (Å²) < 4.78 is 2.65. The minimum absolute atomic E-state index is 1.21. The second kappa shape index (κ2) is 13.7. The Kier molecular flexibility index (Phi) is 7.82. The van der Waals surface area contributed by atoms with Crippen LogP contribution in [0.1, 0.15) is 0 Å². The molecule has 0 aliphatic heterocycles. The van der Waals surface area contributed by atoms with E-state index in [2.05, 4.69) is 218 Å². The molecular weight excluding hydrogens is 729 g/mol. The molecule has 0 aliphatic carbocycles.